The Morgan fingerprint density at radius 1 is 1.60 bits per heavy atom. The zero-order valence-electron chi connectivity index (χ0n) is 1.98. The summed E-state index contributed by atoms with van der Waals surface area (Å²) in [5, 5.41) is 0. The molecule has 0 bridgehead atoms. The Morgan fingerprint density at radius 3 is 1.60 bits per heavy atom. The van der Waals surface area contributed by atoms with Crippen molar-refractivity contribution in [3.8, 4) is 0 Å². The SMILES string of the molecule is O=S(=O)(F)Br. The van der Waals surface area contributed by atoms with Crippen LogP contribution in [0.4, 0.5) is 3.89 Å². The maximum absolute atomic E-state index is 10.6. The molecule has 0 amide bonds. The minimum atomic E-state index is -4.35. The van der Waals surface area contributed by atoms with E-state index in [1.165, 1.54) is 0 Å². The van der Waals surface area contributed by atoms with Gasteiger partial charge in [0.25, 0.3) is 0 Å². The molecular weight excluding hydrogens is 163 g/mol. The summed E-state index contributed by atoms with van der Waals surface area (Å²) in [5.74, 6) is 0. The third-order valence-corrected chi connectivity index (χ3v) is 0. The number of halogens is 2. The molecule has 0 aliphatic carbocycles. The molecule has 5 heteroatoms. The van der Waals surface area contributed by atoms with Crippen LogP contribution in [0.3, 0.4) is 0 Å². The molecule has 0 fully saturated rings. The highest BCUT2D eigenvalue weighted by Gasteiger charge is 1.90. The summed E-state index contributed by atoms with van der Waals surface area (Å²) in [7, 11) is -4.35. The largest absolute Gasteiger partial charge is 0.364 e. The third-order valence-electron chi connectivity index (χ3n) is 0. The van der Waals surface area contributed by atoms with Crippen molar-refractivity contribution in [1.29, 1.82) is 0 Å². The molecule has 0 unspecified atom stereocenters. The second-order valence-corrected chi connectivity index (χ2v) is 3.46. The van der Waals surface area contributed by atoms with Crippen molar-refractivity contribution >= 4 is 23.5 Å². The maximum Gasteiger partial charge on any atom is 0.364 e. The zero-order chi connectivity index (χ0) is 4.50. The average molecular weight is 163 g/mol. The van der Waals surface area contributed by atoms with Gasteiger partial charge in [-0.05, 0) is 0 Å². The molecule has 0 aromatic rings. The highest BCUT2D eigenvalue weighted by atomic mass is 79.9. The summed E-state index contributed by atoms with van der Waals surface area (Å²) in [5.41, 5.74) is 0. The van der Waals surface area contributed by atoms with Gasteiger partial charge in [0.15, 0.2) is 0 Å². The first-order valence-corrected chi connectivity index (χ1v) is 3.87. The van der Waals surface area contributed by atoms with E-state index in [1.807, 2.05) is 0 Å². The molecule has 2 nitrogen and oxygen atoms in total. The smallest absolute Gasteiger partial charge is 0.182 e. The van der Waals surface area contributed by atoms with Gasteiger partial charge in [0.05, 0.1) is 14.8 Å². The van der Waals surface area contributed by atoms with E-state index in [4.69, 9.17) is 8.42 Å². The monoisotopic (exact) mass is 162 g/mol. The standard InChI is InChI=1S/BrFO2S/c1-5(2,3)4. The lowest BCUT2D eigenvalue weighted by Gasteiger charge is -1.60. The first-order chi connectivity index (χ1) is 2.00. The van der Waals surface area contributed by atoms with E-state index < -0.39 is 8.66 Å². The van der Waals surface area contributed by atoms with Gasteiger partial charge in [-0.3, -0.25) is 0 Å². The molecule has 0 aromatic carbocycles. The van der Waals surface area contributed by atoms with Crippen LogP contribution in [0.1, 0.15) is 0 Å². The molecule has 0 spiro atoms. The van der Waals surface area contributed by atoms with Gasteiger partial charge in [0.2, 0.25) is 0 Å². The van der Waals surface area contributed by atoms with Gasteiger partial charge < -0.3 is 0 Å². The fourth-order valence-electron chi connectivity index (χ4n) is 0. The molecule has 0 heterocycles. The molecule has 0 aromatic heterocycles. The van der Waals surface area contributed by atoms with Gasteiger partial charge in [-0.2, -0.15) is 8.42 Å². The lowest BCUT2D eigenvalue weighted by molar-refractivity contribution is 0.572. The van der Waals surface area contributed by atoms with Crippen molar-refractivity contribution in [3.05, 3.63) is 0 Å². The molecule has 0 rings (SSSR count). The van der Waals surface area contributed by atoms with E-state index >= 15 is 0 Å². The maximum atomic E-state index is 10.6. The van der Waals surface area contributed by atoms with Crippen LogP contribution >= 0.6 is 14.8 Å². The Morgan fingerprint density at radius 2 is 1.60 bits per heavy atom. The quantitative estimate of drug-likeness (QED) is 0.490. The van der Waals surface area contributed by atoms with Crippen LogP contribution in [0, 0.1) is 0 Å². The zero-order valence-corrected chi connectivity index (χ0v) is 4.38. The van der Waals surface area contributed by atoms with Crippen molar-refractivity contribution in [3.63, 3.8) is 0 Å². The molecular formula is BrFO2S. The van der Waals surface area contributed by atoms with Crippen molar-refractivity contribution < 1.29 is 12.3 Å². The van der Waals surface area contributed by atoms with E-state index in [9.17, 15) is 3.89 Å². The van der Waals surface area contributed by atoms with E-state index in [0.717, 1.165) is 0 Å². The fourth-order valence-corrected chi connectivity index (χ4v) is 0. The highest BCUT2D eigenvalue weighted by molar-refractivity contribution is 9.46. The minimum Gasteiger partial charge on any atom is -0.182 e. The molecule has 0 aliphatic rings. The van der Waals surface area contributed by atoms with Crippen LogP contribution in [0.15, 0.2) is 0 Å². The van der Waals surface area contributed by atoms with Crippen LogP contribution in [-0.4, -0.2) is 8.42 Å². The van der Waals surface area contributed by atoms with Gasteiger partial charge in [-0.1, -0.05) is 3.89 Å². The van der Waals surface area contributed by atoms with E-state index in [-0.39, 0.29) is 0 Å². The molecule has 0 saturated carbocycles. The fraction of sp³-hybridized carbons (Fsp3) is 0. The first-order valence-electron chi connectivity index (χ1n) is 0.642. The summed E-state index contributed by atoms with van der Waals surface area (Å²) in [6.07, 6.45) is 0. The number of rotatable bonds is 0. The van der Waals surface area contributed by atoms with Crippen LogP contribution in [0.5, 0.6) is 0 Å². The number of hydrogen-bond donors (Lipinski definition) is 0. The molecule has 0 atom stereocenters. The van der Waals surface area contributed by atoms with Crippen molar-refractivity contribution in [2.75, 3.05) is 0 Å². The Balaban J connectivity index is 4.06. The molecule has 0 saturated heterocycles. The normalized spacial score (nSPS) is 11.6. The summed E-state index contributed by atoms with van der Waals surface area (Å²) >= 11 is 1.68. The lowest BCUT2D eigenvalue weighted by Crippen LogP contribution is -1.65. The van der Waals surface area contributed by atoms with Gasteiger partial charge >= 0.3 is 8.66 Å². The molecule has 0 N–H and O–H groups in total. The summed E-state index contributed by atoms with van der Waals surface area (Å²) in [6.45, 7) is 0. The Hall–Kier alpha value is 0.360. The summed E-state index contributed by atoms with van der Waals surface area (Å²) < 4.78 is 28.3. The van der Waals surface area contributed by atoms with Crippen molar-refractivity contribution in [1.82, 2.24) is 0 Å². The molecule has 0 aliphatic heterocycles. The third kappa shape index (κ3) is 187. The van der Waals surface area contributed by atoms with Crippen LogP contribution in [0.25, 0.3) is 0 Å². The predicted molar refractivity (Wildman–Crippen MR) is 19.0 cm³/mol. The summed E-state index contributed by atoms with van der Waals surface area (Å²) in [4.78, 5) is 0. The van der Waals surface area contributed by atoms with E-state index in [2.05, 4.69) is 0 Å². The van der Waals surface area contributed by atoms with Gasteiger partial charge in [-0.15, -0.1) is 0 Å². The van der Waals surface area contributed by atoms with Gasteiger partial charge in [0.1, 0.15) is 0 Å². The topological polar surface area (TPSA) is 34.1 Å². The Bertz CT molecular complexity index is 92.8. The average Bonchev–Trinajstić information content (AvgIpc) is 0.722. The first kappa shape index (κ1) is 5.36. The van der Waals surface area contributed by atoms with Crippen LogP contribution in [-0.2, 0) is 8.66 Å². The molecule has 5 heavy (non-hydrogen) atoms. The number of hydrogen-bond acceptors (Lipinski definition) is 2. The van der Waals surface area contributed by atoms with Crippen LogP contribution in [0.2, 0.25) is 0 Å². The molecule has 32 valence electrons. The lowest BCUT2D eigenvalue weighted by atomic mass is 15.9. The second-order valence-electron chi connectivity index (χ2n) is 0.378. The minimum absolute atomic E-state index is 1.68. The van der Waals surface area contributed by atoms with Crippen LogP contribution < -0.4 is 0 Å². The van der Waals surface area contributed by atoms with Gasteiger partial charge in [0, 0.05) is 0 Å². The Labute approximate surface area is 36.4 Å². The van der Waals surface area contributed by atoms with Crippen molar-refractivity contribution in [2.24, 2.45) is 0 Å². The second kappa shape index (κ2) is 1.22. The predicted octanol–water partition coefficient (Wildman–Crippen LogP) is 0.596. The van der Waals surface area contributed by atoms with Crippen molar-refractivity contribution in [2.45, 2.75) is 0 Å². The Kier molecular flexibility index (Phi) is 1.30. The summed E-state index contributed by atoms with van der Waals surface area (Å²) in [6, 6.07) is 0. The highest BCUT2D eigenvalue weighted by Crippen LogP contribution is 1.97. The molecule has 0 radical (unpaired) electrons. The van der Waals surface area contributed by atoms with Gasteiger partial charge in [-0.25, -0.2) is 0 Å². The van der Waals surface area contributed by atoms with E-state index in [1.54, 1.807) is 14.8 Å². The van der Waals surface area contributed by atoms with E-state index in [0.29, 0.717) is 0 Å².